The zero-order chi connectivity index (χ0) is 18.6. The molecule has 134 valence electrons. The second-order valence-corrected chi connectivity index (χ2v) is 8.59. The monoisotopic (exact) mass is 428 g/mol. The summed E-state index contributed by atoms with van der Waals surface area (Å²) < 4.78 is 3.77. The first-order chi connectivity index (χ1) is 12.4. The molecule has 2 aromatic heterocycles. The summed E-state index contributed by atoms with van der Waals surface area (Å²) in [5.41, 5.74) is 0.355. The van der Waals surface area contributed by atoms with Gasteiger partial charge in [0.05, 0.1) is 18.3 Å². The highest BCUT2D eigenvalue weighted by Gasteiger charge is 2.38. The van der Waals surface area contributed by atoms with E-state index in [1.54, 1.807) is 40.6 Å². The molecule has 1 aromatic carbocycles. The molecule has 26 heavy (non-hydrogen) atoms. The van der Waals surface area contributed by atoms with E-state index in [1.165, 1.54) is 11.3 Å². The zero-order valence-electron chi connectivity index (χ0n) is 13.5. The standard InChI is InChI=1S/C17H12Cl3N3O2S/c1-22-13-3-2-11(12-7-21-17(20)26-12)23(13)16(25)14(15(22)24)8-4-9(18)6-10(19)5-8/h4-7,11H,2-3H2,1H3/p+1. The third-order valence-electron chi connectivity index (χ3n) is 4.57. The van der Waals surface area contributed by atoms with Crippen LogP contribution in [0.1, 0.15) is 23.2 Å². The smallest absolute Gasteiger partial charge is 0.349 e. The van der Waals surface area contributed by atoms with E-state index < -0.39 is 0 Å². The normalized spacial score (nSPS) is 16.1. The lowest BCUT2D eigenvalue weighted by Gasteiger charge is -2.12. The molecule has 1 aliphatic heterocycles. The fourth-order valence-electron chi connectivity index (χ4n) is 3.43. The lowest BCUT2D eigenvalue weighted by Crippen LogP contribution is -2.42. The minimum Gasteiger partial charge on any atom is -0.477 e. The Morgan fingerprint density at radius 2 is 1.96 bits per heavy atom. The van der Waals surface area contributed by atoms with Gasteiger partial charge < -0.3 is 5.11 Å². The number of aromatic nitrogens is 3. The van der Waals surface area contributed by atoms with Crippen molar-refractivity contribution in [3.8, 4) is 17.0 Å². The number of nitrogens with zero attached hydrogens (tertiary/aromatic N) is 3. The van der Waals surface area contributed by atoms with Crippen molar-refractivity contribution >= 4 is 46.1 Å². The quantitative estimate of drug-likeness (QED) is 0.627. The van der Waals surface area contributed by atoms with Gasteiger partial charge in [0, 0.05) is 28.2 Å². The summed E-state index contributed by atoms with van der Waals surface area (Å²) in [7, 11) is 1.73. The molecular weight excluding hydrogens is 417 g/mol. The van der Waals surface area contributed by atoms with Gasteiger partial charge in [-0.1, -0.05) is 34.8 Å². The molecule has 3 aromatic rings. The van der Waals surface area contributed by atoms with Crippen LogP contribution in [-0.2, 0) is 13.5 Å². The maximum atomic E-state index is 13.3. The molecule has 0 spiro atoms. The molecule has 5 nitrogen and oxygen atoms in total. The molecule has 1 atom stereocenters. The van der Waals surface area contributed by atoms with Crippen molar-refractivity contribution < 1.29 is 9.67 Å². The van der Waals surface area contributed by atoms with Crippen LogP contribution in [0.15, 0.2) is 29.2 Å². The number of hydrogen-bond donors (Lipinski definition) is 1. The molecule has 0 fully saturated rings. The van der Waals surface area contributed by atoms with Gasteiger partial charge in [-0.05, 0) is 18.2 Å². The Morgan fingerprint density at radius 3 is 2.58 bits per heavy atom. The van der Waals surface area contributed by atoms with Gasteiger partial charge in [0.15, 0.2) is 10.0 Å². The van der Waals surface area contributed by atoms with Crippen LogP contribution in [0.4, 0.5) is 0 Å². The number of rotatable bonds is 2. The van der Waals surface area contributed by atoms with Crippen molar-refractivity contribution in [3.05, 3.63) is 60.0 Å². The second-order valence-electron chi connectivity index (χ2n) is 6.08. The van der Waals surface area contributed by atoms with Gasteiger partial charge in [-0.25, -0.2) is 14.3 Å². The fraction of sp³-hybridized carbons (Fsp3) is 0.235. The van der Waals surface area contributed by atoms with Crippen LogP contribution in [0, 0.1) is 0 Å². The number of fused-ring (bicyclic) bond motifs is 1. The van der Waals surface area contributed by atoms with E-state index in [-0.39, 0.29) is 23.0 Å². The first kappa shape index (κ1) is 17.8. The van der Waals surface area contributed by atoms with Gasteiger partial charge in [0.2, 0.25) is 0 Å². The van der Waals surface area contributed by atoms with Crippen LogP contribution in [0.5, 0.6) is 5.88 Å². The van der Waals surface area contributed by atoms with E-state index in [2.05, 4.69) is 4.98 Å². The summed E-state index contributed by atoms with van der Waals surface area (Å²) in [6.45, 7) is 0. The van der Waals surface area contributed by atoms with Gasteiger partial charge in [0.1, 0.15) is 6.04 Å². The zero-order valence-corrected chi connectivity index (χ0v) is 16.6. The van der Waals surface area contributed by atoms with Crippen molar-refractivity contribution in [2.75, 3.05) is 0 Å². The molecule has 1 N–H and O–H groups in total. The number of benzene rings is 1. The maximum absolute atomic E-state index is 13.3. The number of aromatic hydroxyl groups is 1. The van der Waals surface area contributed by atoms with Crippen LogP contribution in [0.25, 0.3) is 11.1 Å². The third-order valence-corrected chi connectivity index (χ3v) is 6.22. The minimum absolute atomic E-state index is 0.109. The number of thiazole rings is 1. The first-order valence-corrected chi connectivity index (χ1v) is 9.76. The average Bonchev–Trinajstić information content (AvgIpc) is 3.18. The second kappa shape index (κ2) is 6.53. The van der Waals surface area contributed by atoms with E-state index >= 15 is 0 Å². The van der Waals surface area contributed by atoms with Crippen LogP contribution in [-0.4, -0.2) is 14.7 Å². The fourth-order valence-corrected chi connectivity index (χ4v) is 5.03. The van der Waals surface area contributed by atoms with E-state index in [9.17, 15) is 9.90 Å². The molecule has 0 saturated heterocycles. The average molecular weight is 430 g/mol. The summed E-state index contributed by atoms with van der Waals surface area (Å²) in [5, 5.41) is 11.5. The molecule has 0 bridgehead atoms. The number of hydrogen-bond acceptors (Lipinski definition) is 4. The van der Waals surface area contributed by atoms with Gasteiger partial charge in [-0.2, -0.15) is 4.57 Å². The SMILES string of the molecule is C[n+]1c(O)c(-c2cc(Cl)cc(Cl)c2)c(=O)n2c1CCC2c1cnc(Cl)s1. The Morgan fingerprint density at radius 1 is 1.27 bits per heavy atom. The molecule has 0 saturated carbocycles. The van der Waals surface area contributed by atoms with E-state index in [1.807, 2.05) is 0 Å². The van der Waals surface area contributed by atoms with E-state index in [0.717, 1.165) is 17.1 Å². The first-order valence-electron chi connectivity index (χ1n) is 7.81. The van der Waals surface area contributed by atoms with Gasteiger partial charge >= 0.3 is 5.56 Å². The summed E-state index contributed by atoms with van der Waals surface area (Å²) in [6, 6.07) is 4.65. The van der Waals surface area contributed by atoms with Crippen LogP contribution >= 0.6 is 46.1 Å². The van der Waals surface area contributed by atoms with Crippen molar-refractivity contribution in [3.63, 3.8) is 0 Å². The van der Waals surface area contributed by atoms with Crippen molar-refractivity contribution in [2.45, 2.75) is 18.9 Å². The largest absolute Gasteiger partial charge is 0.477 e. The number of halogens is 3. The van der Waals surface area contributed by atoms with Crippen molar-refractivity contribution in [1.82, 2.24) is 9.55 Å². The summed E-state index contributed by atoms with van der Waals surface area (Å²) in [4.78, 5) is 18.3. The predicted octanol–water partition coefficient (Wildman–Crippen LogP) is 4.00. The summed E-state index contributed by atoms with van der Waals surface area (Å²) in [5.74, 6) is 0.640. The lowest BCUT2D eigenvalue weighted by molar-refractivity contribution is -0.688. The van der Waals surface area contributed by atoms with Gasteiger partial charge in [-0.15, -0.1) is 11.3 Å². The Labute approximate surface area is 168 Å². The molecule has 1 aliphatic rings. The molecular formula is C17H13Cl3N3O2S+. The van der Waals surface area contributed by atoms with E-state index in [4.69, 9.17) is 34.8 Å². The topological polar surface area (TPSA) is 59.0 Å². The minimum atomic E-state index is -0.291. The molecule has 0 radical (unpaired) electrons. The highest BCUT2D eigenvalue weighted by molar-refractivity contribution is 7.15. The molecule has 9 heteroatoms. The van der Waals surface area contributed by atoms with Crippen molar-refractivity contribution in [2.24, 2.45) is 7.05 Å². The Kier molecular flexibility index (Phi) is 4.47. The Hall–Kier alpha value is -1.60. The molecule has 0 aliphatic carbocycles. The van der Waals surface area contributed by atoms with Crippen LogP contribution < -0.4 is 10.1 Å². The maximum Gasteiger partial charge on any atom is 0.349 e. The molecule has 0 amide bonds. The van der Waals surface area contributed by atoms with Gasteiger partial charge in [-0.3, -0.25) is 0 Å². The highest BCUT2D eigenvalue weighted by Crippen LogP contribution is 2.36. The molecule has 3 heterocycles. The molecule has 1 unspecified atom stereocenters. The molecule has 4 rings (SSSR count). The third kappa shape index (κ3) is 2.81. The predicted molar refractivity (Wildman–Crippen MR) is 103 cm³/mol. The van der Waals surface area contributed by atoms with E-state index in [0.29, 0.717) is 26.5 Å². The van der Waals surface area contributed by atoms with Crippen LogP contribution in [0.2, 0.25) is 14.5 Å². The summed E-state index contributed by atoms with van der Waals surface area (Å²) >= 11 is 19.5. The summed E-state index contributed by atoms with van der Waals surface area (Å²) in [6.07, 6.45) is 3.10. The van der Waals surface area contributed by atoms with Crippen LogP contribution in [0.3, 0.4) is 0 Å². The lowest BCUT2D eigenvalue weighted by atomic mass is 10.1. The van der Waals surface area contributed by atoms with Crippen molar-refractivity contribution in [1.29, 1.82) is 0 Å². The van der Waals surface area contributed by atoms with Gasteiger partial charge in [0.25, 0.3) is 11.7 Å². The Balaban J connectivity index is 1.98. The highest BCUT2D eigenvalue weighted by atomic mass is 35.5. The Bertz CT molecular complexity index is 1070.